The Hall–Kier alpha value is -1.59. The smallest absolute Gasteiger partial charge is 0.323 e. The summed E-state index contributed by atoms with van der Waals surface area (Å²) in [5, 5.41) is 0. The van der Waals surface area contributed by atoms with Crippen molar-refractivity contribution in [1.29, 1.82) is 0 Å². The number of nitrogens with two attached hydrogens (primary N) is 1. The van der Waals surface area contributed by atoms with Gasteiger partial charge in [-0.05, 0) is 43.9 Å². The van der Waals surface area contributed by atoms with E-state index in [1.54, 1.807) is 0 Å². The third kappa shape index (κ3) is 3.54. The lowest BCUT2D eigenvalue weighted by atomic mass is 9.76. The van der Waals surface area contributed by atoms with Crippen molar-refractivity contribution < 1.29 is 4.74 Å². The van der Waals surface area contributed by atoms with Crippen molar-refractivity contribution in [2.24, 2.45) is 5.41 Å². The molecule has 1 saturated heterocycles. The van der Waals surface area contributed by atoms with Gasteiger partial charge < -0.3 is 15.4 Å². The summed E-state index contributed by atoms with van der Waals surface area (Å²) in [5.74, 6) is 0.907. The molecule has 1 aromatic rings. The first-order chi connectivity index (χ1) is 10.0. The number of nitrogen functional groups attached to an aromatic ring is 1. The zero-order valence-electron chi connectivity index (χ0n) is 13.0. The summed E-state index contributed by atoms with van der Waals surface area (Å²) < 4.78 is 5.96. The molecule has 1 aromatic heterocycles. The van der Waals surface area contributed by atoms with E-state index in [9.17, 15) is 0 Å². The van der Waals surface area contributed by atoms with E-state index in [2.05, 4.69) is 33.7 Å². The predicted molar refractivity (Wildman–Crippen MR) is 82.4 cm³/mol. The Morgan fingerprint density at radius 2 is 1.76 bits per heavy atom. The molecule has 2 fully saturated rings. The Morgan fingerprint density at radius 3 is 2.43 bits per heavy atom. The van der Waals surface area contributed by atoms with E-state index in [0.717, 1.165) is 25.9 Å². The Bertz CT molecular complexity index is 489. The average Bonchev–Trinajstić information content (AvgIpc) is 2.95. The highest BCUT2D eigenvalue weighted by Crippen LogP contribution is 2.36. The minimum atomic E-state index is 0.200. The maximum Gasteiger partial charge on any atom is 0.323 e. The Labute approximate surface area is 126 Å². The quantitative estimate of drug-likeness (QED) is 0.921. The molecule has 0 aromatic carbocycles. The van der Waals surface area contributed by atoms with Crippen molar-refractivity contribution in [3.63, 3.8) is 0 Å². The molecule has 1 aliphatic heterocycles. The van der Waals surface area contributed by atoms with Crippen LogP contribution in [0.5, 0.6) is 6.01 Å². The molecule has 0 atom stereocenters. The van der Waals surface area contributed by atoms with Gasteiger partial charge in [0.25, 0.3) is 0 Å². The van der Waals surface area contributed by atoms with Gasteiger partial charge in [-0.1, -0.05) is 13.8 Å². The number of hydrogen-bond donors (Lipinski definition) is 1. The van der Waals surface area contributed by atoms with Crippen molar-refractivity contribution in [2.75, 3.05) is 23.7 Å². The molecule has 0 amide bonds. The summed E-state index contributed by atoms with van der Waals surface area (Å²) in [6, 6.07) is 0.383. The first-order valence-electron chi connectivity index (χ1n) is 7.95. The minimum Gasteiger partial charge on any atom is -0.460 e. The molecule has 2 aliphatic rings. The molecule has 0 bridgehead atoms. The summed E-state index contributed by atoms with van der Waals surface area (Å²) in [7, 11) is 0. The van der Waals surface area contributed by atoms with E-state index in [1.807, 2.05) is 0 Å². The van der Waals surface area contributed by atoms with Gasteiger partial charge in [0, 0.05) is 13.1 Å². The molecule has 1 saturated carbocycles. The lowest BCUT2D eigenvalue weighted by Crippen LogP contribution is -2.29. The van der Waals surface area contributed by atoms with Crippen LogP contribution in [0.3, 0.4) is 0 Å². The van der Waals surface area contributed by atoms with Crippen molar-refractivity contribution in [2.45, 2.75) is 58.5 Å². The first kappa shape index (κ1) is 14.4. The number of ether oxygens (including phenoxy) is 1. The number of rotatable bonds is 3. The lowest BCUT2D eigenvalue weighted by Gasteiger charge is -2.33. The maximum atomic E-state index is 5.96. The highest BCUT2D eigenvalue weighted by atomic mass is 16.5. The number of hydrogen-bond acceptors (Lipinski definition) is 6. The summed E-state index contributed by atoms with van der Waals surface area (Å²) in [6.07, 6.45) is 7.02. The van der Waals surface area contributed by atoms with Gasteiger partial charge in [-0.25, -0.2) is 0 Å². The standard InChI is InChI=1S/C15H25N5O/c1-15(2)7-5-11(6-8-15)21-14-18-12(16)17-13(19-14)20-9-3-4-10-20/h11H,3-10H2,1-2H3,(H2,16,17,18,19). The van der Waals surface area contributed by atoms with Crippen molar-refractivity contribution >= 4 is 11.9 Å². The lowest BCUT2D eigenvalue weighted by molar-refractivity contribution is 0.0907. The second-order valence-corrected chi connectivity index (χ2v) is 6.95. The number of anilines is 2. The fraction of sp³-hybridized carbons (Fsp3) is 0.800. The van der Waals surface area contributed by atoms with Gasteiger partial charge in [-0.2, -0.15) is 15.0 Å². The van der Waals surface area contributed by atoms with Crippen LogP contribution in [0.1, 0.15) is 52.4 Å². The summed E-state index contributed by atoms with van der Waals surface area (Å²) in [5.41, 5.74) is 6.24. The second kappa shape index (κ2) is 5.66. The van der Waals surface area contributed by atoms with Crippen LogP contribution in [0.4, 0.5) is 11.9 Å². The van der Waals surface area contributed by atoms with Crippen molar-refractivity contribution in [1.82, 2.24) is 15.0 Å². The van der Waals surface area contributed by atoms with Crippen LogP contribution in [0, 0.1) is 5.41 Å². The van der Waals surface area contributed by atoms with Crippen LogP contribution in [-0.4, -0.2) is 34.1 Å². The monoisotopic (exact) mass is 291 g/mol. The topological polar surface area (TPSA) is 77.2 Å². The maximum absolute atomic E-state index is 5.96. The molecule has 0 spiro atoms. The van der Waals surface area contributed by atoms with Crippen LogP contribution in [0.15, 0.2) is 0 Å². The van der Waals surface area contributed by atoms with Gasteiger partial charge in [0.1, 0.15) is 6.10 Å². The molecule has 2 heterocycles. The van der Waals surface area contributed by atoms with E-state index in [4.69, 9.17) is 10.5 Å². The third-order valence-corrected chi connectivity index (χ3v) is 4.57. The van der Waals surface area contributed by atoms with Crippen molar-refractivity contribution in [3.8, 4) is 6.01 Å². The largest absolute Gasteiger partial charge is 0.460 e. The summed E-state index contributed by atoms with van der Waals surface area (Å²) >= 11 is 0. The fourth-order valence-electron chi connectivity index (χ4n) is 3.11. The predicted octanol–water partition coefficient (Wildman–Crippen LogP) is 2.40. The van der Waals surface area contributed by atoms with Gasteiger partial charge in [-0.3, -0.25) is 0 Å². The number of aromatic nitrogens is 3. The summed E-state index contributed by atoms with van der Waals surface area (Å²) in [4.78, 5) is 15.0. The van der Waals surface area contributed by atoms with E-state index < -0.39 is 0 Å². The molecular formula is C15H25N5O. The highest BCUT2D eigenvalue weighted by molar-refractivity contribution is 5.36. The fourth-order valence-corrected chi connectivity index (χ4v) is 3.11. The van der Waals surface area contributed by atoms with E-state index in [0.29, 0.717) is 17.4 Å². The van der Waals surface area contributed by atoms with Gasteiger partial charge in [-0.15, -0.1) is 0 Å². The Kier molecular flexibility index (Phi) is 3.87. The zero-order valence-corrected chi connectivity index (χ0v) is 13.0. The molecule has 1 aliphatic carbocycles. The van der Waals surface area contributed by atoms with Crippen LogP contribution >= 0.6 is 0 Å². The first-order valence-corrected chi connectivity index (χ1v) is 7.95. The van der Waals surface area contributed by atoms with Crippen LogP contribution in [-0.2, 0) is 0 Å². The van der Waals surface area contributed by atoms with E-state index in [-0.39, 0.29) is 12.1 Å². The molecule has 3 rings (SSSR count). The molecule has 116 valence electrons. The molecule has 2 N–H and O–H groups in total. The van der Waals surface area contributed by atoms with E-state index >= 15 is 0 Å². The van der Waals surface area contributed by atoms with Crippen LogP contribution in [0.2, 0.25) is 0 Å². The zero-order chi connectivity index (χ0) is 14.9. The van der Waals surface area contributed by atoms with Crippen molar-refractivity contribution in [3.05, 3.63) is 0 Å². The molecule has 21 heavy (non-hydrogen) atoms. The Morgan fingerprint density at radius 1 is 1.10 bits per heavy atom. The number of nitrogens with zero attached hydrogens (tertiary/aromatic N) is 4. The average molecular weight is 291 g/mol. The molecular weight excluding hydrogens is 266 g/mol. The van der Waals surface area contributed by atoms with Crippen LogP contribution in [0.25, 0.3) is 0 Å². The van der Waals surface area contributed by atoms with Gasteiger partial charge in [0.2, 0.25) is 11.9 Å². The van der Waals surface area contributed by atoms with Crippen LogP contribution < -0.4 is 15.4 Å². The normalized spacial score (nSPS) is 22.5. The summed E-state index contributed by atoms with van der Waals surface area (Å²) in [6.45, 7) is 6.60. The minimum absolute atomic E-state index is 0.200. The van der Waals surface area contributed by atoms with Gasteiger partial charge in [0.15, 0.2) is 0 Å². The second-order valence-electron chi connectivity index (χ2n) is 6.95. The molecule has 6 heteroatoms. The molecule has 0 unspecified atom stereocenters. The van der Waals surface area contributed by atoms with Gasteiger partial charge >= 0.3 is 6.01 Å². The Balaban J connectivity index is 1.68. The van der Waals surface area contributed by atoms with E-state index in [1.165, 1.54) is 25.7 Å². The highest BCUT2D eigenvalue weighted by Gasteiger charge is 2.28. The third-order valence-electron chi connectivity index (χ3n) is 4.57. The molecule has 0 radical (unpaired) electrons. The van der Waals surface area contributed by atoms with Gasteiger partial charge in [0.05, 0.1) is 0 Å². The SMILES string of the molecule is CC1(C)CCC(Oc2nc(N)nc(N3CCCC3)n2)CC1. The molecule has 6 nitrogen and oxygen atoms in total.